The number of benzene rings is 2. The minimum absolute atomic E-state index is 0.0699. The summed E-state index contributed by atoms with van der Waals surface area (Å²) in [5.74, 6) is 0.769. The normalized spacial score (nSPS) is 11.8. The van der Waals surface area contributed by atoms with Crippen molar-refractivity contribution >= 4 is 17.7 Å². The summed E-state index contributed by atoms with van der Waals surface area (Å²) in [5, 5.41) is 14.4. The van der Waals surface area contributed by atoms with E-state index in [4.69, 9.17) is 4.74 Å². The molecule has 1 atom stereocenters. The van der Waals surface area contributed by atoms with Gasteiger partial charge in [-0.2, -0.15) is 0 Å². The third-order valence-corrected chi connectivity index (χ3v) is 4.04. The van der Waals surface area contributed by atoms with Gasteiger partial charge in [-0.05, 0) is 24.3 Å². The second-order valence-corrected chi connectivity index (χ2v) is 5.94. The highest BCUT2D eigenvalue weighted by atomic mass is 16.6. The Hall–Kier alpha value is -2.93. The van der Waals surface area contributed by atoms with Crippen molar-refractivity contribution in [3.8, 4) is 5.75 Å². The second-order valence-electron chi connectivity index (χ2n) is 5.94. The summed E-state index contributed by atoms with van der Waals surface area (Å²) >= 11 is 0. The maximum atomic E-state index is 11.2. The Labute approximate surface area is 146 Å². The fourth-order valence-electron chi connectivity index (χ4n) is 2.65. The molecule has 0 saturated carbocycles. The number of nitro groups is 1. The lowest BCUT2D eigenvalue weighted by atomic mass is 10.1. The first kappa shape index (κ1) is 18.4. The van der Waals surface area contributed by atoms with Crippen molar-refractivity contribution in [2.45, 2.75) is 6.04 Å². The van der Waals surface area contributed by atoms with Crippen molar-refractivity contribution in [2.75, 3.05) is 33.1 Å². The molecule has 0 aromatic heterocycles. The first-order chi connectivity index (χ1) is 12.0. The smallest absolute Gasteiger partial charge is 0.293 e. The van der Waals surface area contributed by atoms with Gasteiger partial charge in [0.05, 0.1) is 32.7 Å². The maximum Gasteiger partial charge on any atom is 0.293 e. The number of nitrogens with one attached hydrogen (secondary N) is 2. The summed E-state index contributed by atoms with van der Waals surface area (Å²) in [6.45, 7) is 0.497. The predicted octanol–water partition coefficient (Wildman–Crippen LogP) is 1.71. The van der Waals surface area contributed by atoms with Gasteiger partial charge in [-0.25, -0.2) is 0 Å². The van der Waals surface area contributed by atoms with Gasteiger partial charge in [0.2, 0.25) is 0 Å². The quantitative estimate of drug-likeness (QED) is 0.433. The molecule has 0 saturated heterocycles. The first-order valence-corrected chi connectivity index (χ1v) is 7.87. The van der Waals surface area contributed by atoms with Crippen LogP contribution in [0.2, 0.25) is 0 Å². The molecule has 0 spiro atoms. The largest absolute Gasteiger partial charge is 0.497 e. The molecular weight excluding hydrogens is 322 g/mol. The monoisotopic (exact) mass is 344 g/mol. The van der Waals surface area contributed by atoms with Crippen LogP contribution in [0, 0.1) is 10.1 Å². The molecule has 132 valence electrons. The lowest BCUT2D eigenvalue weighted by Gasteiger charge is -2.23. The van der Waals surface area contributed by atoms with Crippen LogP contribution < -0.4 is 15.0 Å². The Morgan fingerprint density at radius 2 is 2.04 bits per heavy atom. The van der Waals surface area contributed by atoms with E-state index >= 15 is 0 Å². The van der Waals surface area contributed by atoms with Gasteiger partial charge in [0.15, 0.2) is 0 Å². The maximum absolute atomic E-state index is 11.2. The van der Waals surface area contributed by atoms with E-state index in [1.165, 1.54) is 11.0 Å². The average Bonchev–Trinajstić information content (AvgIpc) is 2.61. The molecule has 0 amide bonds. The fraction of sp³-hybridized carbons (Fsp3) is 0.278. The van der Waals surface area contributed by atoms with Crippen molar-refractivity contribution in [1.82, 2.24) is 0 Å². The van der Waals surface area contributed by atoms with E-state index in [0.29, 0.717) is 18.5 Å². The van der Waals surface area contributed by atoms with Crippen LogP contribution >= 0.6 is 0 Å². The molecule has 0 aliphatic rings. The molecule has 0 unspecified atom stereocenters. The van der Waals surface area contributed by atoms with Gasteiger partial charge >= 0.3 is 0 Å². The van der Waals surface area contributed by atoms with Crippen molar-refractivity contribution in [1.29, 1.82) is 0 Å². The van der Waals surface area contributed by atoms with E-state index < -0.39 is 4.92 Å². The number of anilines is 1. The zero-order valence-corrected chi connectivity index (χ0v) is 14.5. The molecule has 7 heteroatoms. The zero-order valence-electron chi connectivity index (χ0n) is 14.5. The zero-order chi connectivity index (χ0) is 18.4. The molecule has 25 heavy (non-hydrogen) atoms. The van der Waals surface area contributed by atoms with E-state index in [1.54, 1.807) is 19.2 Å². The summed E-state index contributed by atoms with van der Waals surface area (Å²) in [6.07, 6.45) is 0.597. The van der Waals surface area contributed by atoms with Gasteiger partial charge in [0.1, 0.15) is 23.8 Å². The third-order valence-electron chi connectivity index (χ3n) is 4.04. The number of ether oxygens (including phenoxy) is 1. The number of carbonyl (C=O) groups is 1. The number of quaternary nitrogens is 1. The summed E-state index contributed by atoms with van der Waals surface area (Å²) in [7, 11) is 5.66. The van der Waals surface area contributed by atoms with Gasteiger partial charge in [-0.1, -0.05) is 12.1 Å². The molecule has 0 radical (unpaired) electrons. The number of hydrogen-bond acceptors (Lipinski definition) is 5. The standard InChI is InChI=1S/C18H21N3O4/c1-20(2)18(14-5-4-6-15(10-14)25-3)11-19-16-8-7-13(12-22)9-17(16)21(23)24/h4-10,12,18-19H,11H2,1-3H3/p+1/t18-/m1/s1. The molecule has 2 N–H and O–H groups in total. The van der Waals surface area contributed by atoms with Crippen LogP contribution in [0.3, 0.4) is 0 Å². The van der Waals surface area contributed by atoms with E-state index in [0.717, 1.165) is 11.3 Å². The molecule has 2 aromatic rings. The lowest BCUT2D eigenvalue weighted by Crippen LogP contribution is -3.06. The first-order valence-electron chi connectivity index (χ1n) is 7.87. The van der Waals surface area contributed by atoms with Crippen LogP contribution in [-0.4, -0.2) is 39.0 Å². The number of nitrogens with zero attached hydrogens (tertiary/aromatic N) is 1. The summed E-state index contributed by atoms with van der Waals surface area (Å²) in [4.78, 5) is 22.8. The van der Waals surface area contributed by atoms with Crippen LogP contribution in [0.25, 0.3) is 0 Å². The van der Waals surface area contributed by atoms with Crippen LogP contribution in [0.15, 0.2) is 42.5 Å². The number of carbonyl (C=O) groups excluding carboxylic acids is 1. The van der Waals surface area contributed by atoms with Crippen LogP contribution in [-0.2, 0) is 0 Å². The Balaban J connectivity index is 2.24. The fourth-order valence-corrected chi connectivity index (χ4v) is 2.65. The molecular formula is C18H22N3O4+. The average molecular weight is 344 g/mol. The Morgan fingerprint density at radius 1 is 1.28 bits per heavy atom. The highest BCUT2D eigenvalue weighted by molar-refractivity contribution is 5.79. The summed E-state index contributed by atoms with van der Waals surface area (Å²) in [5.41, 5.74) is 1.63. The Bertz CT molecular complexity index is 762. The third kappa shape index (κ3) is 4.54. The molecule has 7 nitrogen and oxygen atoms in total. The van der Waals surface area contributed by atoms with Gasteiger partial charge in [-0.3, -0.25) is 14.9 Å². The number of aldehydes is 1. The lowest BCUT2D eigenvalue weighted by molar-refractivity contribution is -0.890. The van der Waals surface area contributed by atoms with E-state index in [9.17, 15) is 14.9 Å². The molecule has 2 rings (SSSR count). The van der Waals surface area contributed by atoms with E-state index in [1.807, 2.05) is 38.4 Å². The molecule has 0 heterocycles. The SMILES string of the molecule is COc1cccc([C@@H](CNc2ccc(C=O)cc2[N+](=O)[O-])[NH+](C)C)c1. The molecule has 0 bridgehead atoms. The van der Waals surface area contributed by atoms with Gasteiger partial charge < -0.3 is 15.0 Å². The minimum Gasteiger partial charge on any atom is -0.497 e. The summed E-state index contributed by atoms with van der Waals surface area (Å²) < 4.78 is 5.27. The highest BCUT2D eigenvalue weighted by Gasteiger charge is 2.21. The van der Waals surface area contributed by atoms with Crippen LogP contribution in [0.5, 0.6) is 5.75 Å². The topological polar surface area (TPSA) is 85.9 Å². The molecule has 0 aliphatic heterocycles. The Kier molecular flexibility index (Phi) is 6.08. The van der Waals surface area contributed by atoms with Crippen molar-refractivity contribution in [3.05, 3.63) is 63.7 Å². The number of methoxy groups -OCH3 is 1. The van der Waals surface area contributed by atoms with E-state index in [-0.39, 0.29) is 17.3 Å². The van der Waals surface area contributed by atoms with Crippen LogP contribution in [0.1, 0.15) is 22.0 Å². The highest BCUT2D eigenvalue weighted by Crippen LogP contribution is 2.26. The van der Waals surface area contributed by atoms with E-state index in [2.05, 4.69) is 5.32 Å². The van der Waals surface area contributed by atoms with Crippen molar-refractivity contribution in [3.63, 3.8) is 0 Å². The number of rotatable bonds is 8. The van der Waals surface area contributed by atoms with Crippen LogP contribution in [0.4, 0.5) is 11.4 Å². The summed E-state index contributed by atoms with van der Waals surface area (Å²) in [6, 6.07) is 12.2. The number of nitro benzene ring substituents is 1. The van der Waals surface area contributed by atoms with Gasteiger partial charge in [0, 0.05) is 17.2 Å². The predicted molar refractivity (Wildman–Crippen MR) is 95.5 cm³/mol. The molecule has 0 fully saturated rings. The van der Waals surface area contributed by atoms with Gasteiger partial charge in [0.25, 0.3) is 5.69 Å². The van der Waals surface area contributed by atoms with Crippen molar-refractivity contribution in [2.24, 2.45) is 0 Å². The van der Waals surface area contributed by atoms with Crippen molar-refractivity contribution < 1.29 is 19.4 Å². The number of likely N-dealkylation sites (N-methyl/N-ethyl adjacent to an activating group) is 1. The minimum atomic E-state index is -0.488. The molecule has 2 aromatic carbocycles. The number of hydrogen-bond donors (Lipinski definition) is 2. The van der Waals surface area contributed by atoms with Gasteiger partial charge in [-0.15, -0.1) is 0 Å². The second kappa shape index (κ2) is 8.25. The Morgan fingerprint density at radius 3 is 2.64 bits per heavy atom. The molecule has 0 aliphatic carbocycles.